The number of amidine groups is 1. The number of carbonyl (C=O) groups excluding carboxylic acids is 2. The zero-order chi connectivity index (χ0) is 25.8. The summed E-state index contributed by atoms with van der Waals surface area (Å²) in [6.45, 7) is 0.869. The molecule has 6 N–H and O–H groups in total. The first-order chi connectivity index (χ1) is 16.4. The second kappa shape index (κ2) is 10.9. The van der Waals surface area contributed by atoms with Crippen LogP contribution in [0.25, 0.3) is 0 Å². The SMILES string of the molecule is N=C(N)c1ccc(OC(=O)c2ccc(CN3CCC[C@@H]3C(=O)N[C@@H](CS(=O)(=O)O)C(=O)O)s2)cc1. The number of hydrogen-bond acceptors (Lipinski definition) is 9. The number of rotatable bonds is 10. The van der Waals surface area contributed by atoms with Crippen LogP contribution < -0.4 is 15.8 Å². The quantitative estimate of drug-likeness (QED) is 0.0967. The lowest BCUT2D eigenvalue weighted by atomic mass is 10.2. The topological polar surface area (TPSA) is 200 Å². The average molecular weight is 525 g/mol. The minimum Gasteiger partial charge on any atom is -0.480 e. The number of likely N-dealkylation sites (tertiary alicyclic amines) is 1. The van der Waals surface area contributed by atoms with Crippen LogP contribution in [0.15, 0.2) is 36.4 Å². The Balaban J connectivity index is 1.61. The van der Waals surface area contributed by atoms with Crippen molar-refractivity contribution in [2.45, 2.75) is 31.5 Å². The summed E-state index contributed by atoms with van der Waals surface area (Å²) in [5.74, 6) is -3.72. The minimum atomic E-state index is -4.60. The summed E-state index contributed by atoms with van der Waals surface area (Å²) in [5.41, 5.74) is 5.90. The van der Waals surface area contributed by atoms with Crippen LogP contribution in [0.3, 0.4) is 0 Å². The summed E-state index contributed by atoms with van der Waals surface area (Å²) in [4.78, 5) is 39.3. The fourth-order valence-corrected chi connectivity index (χ4v) is 5.16. The predicted molar refractivity (Wildman–Crippen MR) is 126 cm³/mol. The Kier molecular flexibility index (Phi) is 8.22. The van der Waals surface area contributed by atoms with Crippen LogP contribution in [0, 0.1) is 5.41 Å². The maximum atomic E-state index is 12.6. The maximum absolute atomic E-state index is 12.6. The van der Waals surface area contributed by atoms with E-state index in [2.05, 4.69) is 5.32 Å². The van der Waals surface area contributed by atoms with Crippen LogP contribution in [0.2, 0.25) is 0 Å². The van der Waals surface area contributed by atoms with Crippen molar-refractivity contribution < 1.29 is 37.2 Å². The highest BCUT2D eigenvalue weighted by Crippen LogP contribution is 2.25. The molecule has 1 aromatic carbocycles. The molecule has 0 unspecified atom stereocenters. The summed E-state index contributed by atoms with van der Waals surface area (Å²) in [5, 5.41) is 18.7. The van der Waals surface area contributed by atoms with Gasteiger partial charge in [-0.15, -0.1) is 11.3 Å². The van der Waals surface area contributed by atoms with Crippen LogP contribution in [0.5, 0.6) is 5.75 Å². The van der Waals surface area contributed by atoms with Crippen LogP contribution in [0.1, 0.15) is 33.0 Å². The van der Waals surface area contributed by atoms with E-state index < -0.39 is 45.8 Å². The highest BCUT2D eigenvalue weighted by molar-refractivity contribution is 7.85. The fourth-order valence-electron chi connectivity index (χ4n) is 3.60. The number of nitrogens with zero attached hydrogens (tertiary/aromatic N) is 1. The fraction of sp³-hybridized carbons (Fsp3) is 0.333. The number of esters is 1. The van der Waals surface area contributed by atoms with Crippen molar-refractivity contribution in [2.24, 2.45) is 5.73 Å². The van der Waals surface area contributed by atoms with E-state index in [0.717, 1.165) is 4.88 Å². The maximum Gasteiger partial charge on any atom is 0.353 e. The van der Waals surface area contributed by atoms with Crippen LogP contribution in [-0.4, -0.2) is 71.0 Å². The lowest BCUT2D eigenvalue weighted by Gasteiger charge is -2.24. The van der Waals surface area contributed by atoms with Crippen molar-refractivity contribution in [2.75, 3.05) is 12.3 Å². The largest absolute Gasteiger partial charge is 0.480 e. The van der Waals surface area contributed by atoms with Gasteiger partial charge in [-0.05, 0) is 55.8 Å². The molecule has 0 aliphatic carbocycles. The van der Waals surface area contributed by atoms with Crippen LogP contribution >= 0.6 is 11.3 Å². The monoisotopic (exact) mass is 524 g/mol. The molecule has 35 heavy (non-hydrogen) atoms. The average Bonchev–Trinajstić information content (AvgIpc) is 3.42. The van der Waals surface area contributed by atoms with E-state index >= 15 is 0 Å². The smallest absolute Gasteiger partial charge is 0.353 e. The molecule has 1 amide bonds. The summed E-state index contributed by atoms with van der Waals surface area (Å²) >= 11 is 1.19. The lowest BCUT2D eigenvalue weighted by molar-refractivity contribution is -0.141. The van der Waals surface area contributed by atoms with Gasteiger partial charge in [-0.25, -0.2) is 9.59 Å². The summed E-state index contributed by atoms with van der Waals surface area (Å²) in [7, 11) is -4.60. The number of aliphatic carboxylic acids is 1. The van der Waals surface area contributed by atoms with Gasteiger partial charge in [-0.1, -0.05) is 0 Å². The van der Waals surface area contributed by atoms with E-state index in [1.165, 1.54) is 23.5 Å². The third kappa shape index (κ3) is 7.32. The van der Waals surface area contributed by atoms with Gasteiger partial charge in [0.15, 0.2) is 0 Å². The Labute approximate surface area is 204 Å². The normalized spacial score (nSPS) is 17.0. The van der Waals surface area contributed by atoms with Gasteiger partial charge in [0.1, 0.15) is 28.3 Å². The molecular formula is C21H24N4O8S2. The molecule has 0 spiro atoms. The van der Waals surface area contributed by atoms with Gasteiger partial charge in [0.2, 0.25) is 5.91 Å². The first-order valence-electron chi connectivity index (χ1n) is 10.4. The van der Waals surface area contributed by atoms with E-state index in [4.69, 9.17) is 25.5 Å². The molecule has 1 aliphatic heterocycles. The molecule has 12 nitrogen and oxygen atoms in total. The van der Waals surface area contributed by atoms with Crippen molar-refractivity contribution in [1.82, 2.24) is 10.2 Å². The molecule has 14 heteroatoms. The van der Waals surface area contributed by atoms with Crippen molar-refractivity contribution in [1.29, 1.82) is 5.41 Å². The van der Waals surface area contributed by atoms with E-state index in [0.29, 0.717) is 42.1 Å². The second-order valence-electron chi connectivity index (χ2n) is 7.87. The predicted octanol–water partition coefficient (Wildman–Crippen LogP) is 0.673. The standard InChI is InChI=1S/C21H24N4O8S2/c22-18(23)12-3-5-13(6-4-12)33-21(29)17-8-7-14(34-17)10-25-9-1-2-16(25)19(26)24-15(20(27)28)11-35(30,31)32/h3-8,15-16H,1-2,9-11H2,(H3,22,23)(H,24,26)(H,27,28)(H,30,31,32)/t15-,16+/m0/s1. The summed E-state index contributed by atoms with van der Waals surface area (Å²) in [6, 6.07) is 7.06. The third-order valence-electron chi connectivity index (χ3n) is 5.26. The molecule has 188 valence electrons. The van der Waals surface area contributed by atoms with Crippen LogP contribution in [-0.2, 0) is 26.3 Å². The van der Waals surface area contributed by atoms with Gasteiger partial charge in [0.25, 0.3) is 10.1 Å². The number of hydrogen-bond donors (Lipinski definition) is 5. The highest BCUT2D eigenvalue weighted by atomic mass is 32.2. The zero-order valence-corrected chi connectivity index (χ0v) is 20.0. The zero-order valence-electron chi connectivity index (χ0n) is 18.3. The number of amides is 1. The molecule has 0 radical (unpaired) electrons. The number of nitrogen functional groups attached to an aromatic ring is 1. The van der Waals surface area contributed by atoms with Crippen LogP contribution in [0.4, 0.5) is 0 Å². The number of carbonyl (C=O) groups is 3. The van der Waals surface area contributed by atoms with Crippen molar-refractivity contribution in [3.63, 3.8) is 0 Å². The number of nitrogens with two attached hydrogens (primary N) is 1. The third-order valence-corrected chi connectivity index (χ3v) is 7.06. The van der Waals surface area contributed by atoms with Crippen molar-refractivity contribution in [3.8, 4) is 5.75 Å². The molecular weight excluding hydrogens is 500 g/mol. The van der Waals surface area contributed by atoms with Crippen molar-refractivity contribution in [3.05, 3.63) is 51.7 Å². The molecule has 1 fully saturated rings. The molecule has 2 heterocycles. The Morgan fingerprint density at radius 3 is 2.51 bits per heavy atom. The first-order valence-corrected chi connectivity index (χ1v) is 12.8. The van der Waals surface area contributed by atoms with E-state index in [-0.39, 0.29) is 5.84 Å². The molecule has 0 saturated carbocycles. The number of carboxylic acid groups (broad SMARTS) is 1. The van der Waals surface area contributed by atoms with Gasteiger partial charge in [0.05, 0.1) is 6.04 Å². The second-order valence-corrected chi connectivity index (χ2v) is 10.5. The Bertz CT molecular complexity index is 1230. The first kappa shape index (κ1) is 26.3. The molecule has 2 atom stereocenters. The summed E-state index contributed by atoms with van der Waals surface area (Å²) < 4.78 is 36.4. The van der Waals surface area contributed by atoms with Gasteiger partial charge in [0, 0.05) is 17.0 Å². The molecule has 3 rings (SSSR count). The highest BCUT2D eigenvalue weighted by Gasteiger charge is 2.34. The number of nitrogens with one attached hydrogen (secondary N) is 2. The Hall–Kier alpha value is -3.33. The number of thiophene rings is 1. The molecule has 2 aromatic rings. The number of benzene rings is 1. The van der Waals surface area contributed by atoms with E-state index in [1.54, 1.807) is 24.3 Å². The molecule has 1 saturated heterocycles. The van der Waals surface area contributed by atoms with Gasteiger partial charge in [-0.2, -0.15) is 8.42 Å². The Morgan fingerprint density at radius 1 is 1.23 bits per heavy atom. The molecule has 1 aromatic heterocycles. The van der Waals surface area contributed by atoms with E-state index in [9.17, 15) is 22.8 Å². The number of carboxylic acids is 1. The lowest BCUT2D eigenvalue weighted by Crippen LogP contribution is -2.51. The Morgan fingerprint density at radius 2 is 1.91 bits per heavy atom. The number of ether oxygens (including phenoxy) is 1. The molecule has 1 aliphatic rings. The van der Waals surface area contributed by atoms with Gasteiger partial charge in [-0.3, -0.25) is 19.7 Å². The van der Waals surface area contributed by atoms with Gasteiger partial charge >= 0.3 is 11.9 Å². The van der Waals surface area contributed by atoms with E-state index in [1.807, 2.05) is 4.90 Å². The molecule has 0 bridgehead atoms. The summed E-state index contributed by atoms with van der Waals surface area (Å²) in [6.07, 6.45) is 1.12. The minimum absolute atomic E-state index is 0.100. The van der Waals surface area contributed by atoms with Crippen molar-refractivity contribution >= 4 is 45.1 Å². The van der Waals surface area contributed by atoms with Gasteiger partial charge < -0.3 is 20.9 Å².